The van der Waals surface area contributed by atoms with E-state index in [0.29, 0.717) is 6.04 Å². The number of nitrogens with zero attached hydrogens (tertiary/aromatic N) is 1. The molecule has 1 aromatic heterocycles. The Morgan fingerprint density at radius 1 is 1.71 bits per heavy atom. The van der Waals surface area contributed by atoms with Crippen LogP contribution < -0.4 is 5.32 Å². The monoisotopic (exact) mass is 228 g/mol. The average Bonchev–Trinajstić information content (AvgIpc) is 2.92. The molecule has 14 heavy (non-hydrogen) atoms. The van der Waals surface area contributed by atoms with Crippen molar-refractivity contribution in [1.29, 1.82) is 0 Å². The van der Waals surface area contributed by atoms with Crippen molar-refractivity contribution in [1.82, 2.24) is 10.3 Å². The maximum Gasteiger partial charge on any atom is 0.150 e. The van der Waals surface area contributed by atoms with Gasteiger partial charge in [0.15, 0.2) is 0 Å². The van der Waals surface area contributed by atoms with Gasteiger partial charge in [-0.05, 0) is 32.7 Å². The van der Waals surface area contributed by atoms with Gasteiger partial charge in [-0.3, -0.25) is 0 Å². The predicted molar refractivity (Wildman–Crippen MR) is 63.1 cm³/mol. The van der Waals surface area contributed by atoms with Crippen LogP contribution in [0.2, 0.25) is 0 Å². The van der Waals surface area contributed by atoms with E-state index >= 15 is 0 Å². The number of thiazole rings is 1. The minimum atomic E-state index is 0.684. The fourth-order valence-corrected chi connectivity index (χ4v) is 3.62. The molecule has 0 amide bonds. The van der Waals surface area contributed by atoms with Crippen molar-refractivity contribution in [2.24, 2.45) is 5.92 Å². The maximum atomic E-state index is 4.45. The highest BCUT2D eigenvalue weighted by atomic mass is 32.2. The molecule has 2 rings (SSSR count). The molecule has 0 aliphatic heterocycles. The third-order valence-corrected chi connectivity index (χ3v) is 4.80. The number of aryl methyl sites for hydroxylation is 1. The molecule has 1 aliphatic rings. The molecule has 4 heteroatoms. The summed E-state index contributed by atoms with van der Waals surface area (Å²) in [5.41, 5.74) is 1.14. The summed E-state index contributed by atoms with van der Waals surface area (Å²) in [6.45, 7) is 2.05. The van der Waals surface area contributed by atoms with Crippen LogP contribution in [0, 0.1) is 12.8 Å². The Kier molecular flexibility index (Phi) is 3.47. The van der Waals surface area contributed by atoms with Crippen LogP contribution in [0.15, 0.2) is 9.72 Å². The number of rotatable bonds is 5. The quantitative estimate of drug-likeness (QED) is 0.784. The summed E-state index contributed by atoms with van der Waals surface area (Å²) in [6.07, 6.45) is 2.81. The lowest BCUT2D eigenvalue weighted by molar-refractivity contribution is 0.554. The van der Waals surface area contributed by atoms with E-state index in [1.807, 2.05) is 11.8 Å². The molecule has 1 aliphatic carbocycles. The number of nitrogens with one attached hydrogen (secondary N) is 1. The molecule has 1 N–H and O–H groups in total. The van der Waals surface area contributed by atoms with Gasteiger partial charge in [-0.1, -0.05) is 11.8 Å². The largest absolute Gasteiger partial charge is 0.316 e. The molecule has 0 saturated heterocycles. The third kappa shape index (κ3) is 2.72. The first-order valence-corrected chi connectivity index (χ1v) is 6.88. The van der Waals surface area contributed by atoms with Gasteiger partial charge in [-0.15, -0.1) is 11.3 Å². The van der Waals surface area contributed by atoms with E-state index in [4.69, 9.17) is 0 Å². The molecule has 0 spiro atoms. The second-order valence-electron chi connectivity index (χ2n) is 3.80. The first kappa shape index (κ1) is 10.5. The van der Waals surface area contributed by atoms with Gasteiger partial charge in [0.05, 0.1) is 0 Å². The summed E-state index contributed by atoms with van der Waals surface area (Å²) in [4.78, 5) is 4.45. The van der Waals surface area contributed by atoms with Gasteiger partial charge in [0, 0.05) is 22.9 Å². The normalized spacial score (nSPS) is 18.4. The van der Waals surface area contributed by atoms with E-state index in [2.05, 4.69) is 29.7 Å². The molecule has 0 bridgehead atoms. The molecule has 0 aromatic carbocycles. The summed E-state index contributed by atoms with van der Waals surface area (Å²) < 4.78 is 1.21. The highest BCUT2D eigenvalue weighted by Crippen LogP contribution is 2.35. The lowest BCUT2D eigenvalue weighted by atomic mass is 10.2. The molecule has 2 nitrogen and oxygen atoms in total. The zero-order chi connectivity index (χ0) is 9.97. The molecular weight excluding hydrogens is 212 g/mol. The van der Waals surface area contributed by atoms with E-state index in [1.54, 1.807) is 11.3 Å². The highest BCUT2D eigenvalue weighted by molar-refractivity contribution is 8.01. The molecule has 1 aromatic rings. The number of hydrogen-bond donors (Lipinski definition) is 1. The van der Waals surface area contributed by atoms with Crippen molar-refractivity contribution < 1.29 is 0 Å². The average molecular weight is 228 g/mol. The van der Waals surface area contributed by atoms with Gasteiger partial charge in [0.25, 0.3) is 0 Å². The third-order valence-electron chi connectivity index (χ3n) is 2.55. The van der Waals surface area contributed by atoms with Gasteiger partial charge in [-0.25, -0.2) is 4.98 Å². The van der Waals surface area contributed by atoms with E-state index < -0.39 is 0 Å². The van der Waals surface area contributed by atoms with Crippen molar-refractivity contribution >= 4 is 23.1 Å². The van der Waals surface area contributed by atoms with Crippen molar-refractivity contribution in [2.75, 3.05) is 12.8 Å². The Morgan fingerprint density at radius 2 is 2.50 bits per heavy atom. The van der Waals surface area contributed by atoms with E-state index in [-0.39, 0.29) is 0 Å². The topological polar surface area (TPSA) is 24.9 Å². The van der Waals surface area contributed by atoms with Gasteiger partial charge in [0.2, 0.25) is 0 Å². The van der Waals surface area contributed by atoms with Gasteiger partial charge in [0.1, 0.15) is 4.34 Å². The Morgan fingerprint density at radius 3 is 3.00 bits per heavy atom. The van der Waals surface area contributed by atoms with Crippen molar-refractivity contribution in [2.45, 2.75) is 30.1 Å². The van der Waals surface area contributed by atoms with Crippen LogP contribution in [0.4, 0.5) is 0 Å². The maximum absolute atomic E-state index is 4.45. The summed E-state index contributed by atoms with van der Waals surface area (Å²) in [5.74, 6) is 2.09. The molecule has 78 valence electrons. The minimum Gasteiger partial charge on any atom is -0.316 e. The molecule has 0 radical (unpaired) electrons. The highest BCUT2D eigenvalue weighted by Gasteiger charge is 2.29. The zero-order valence-corrected chi connectivity index (χ0v) is 10.3. The number of hydrogen-bond acceptors (Lipinski definition) is 4. The van der Waals surface area contributed by atoms with Crippen LogP contribution in [0.25, 0.3) is 0 Å². The second-order valence-corrected chi connectivity index (χ2v) is 5.92. The number of aromatic nitrogens is 1. The summed E-state index contributed by atoms with van der Waals surface area (Å²) >= 11 is 3.65. The Balaban J connectivity index is 1.80. The fraction of sp³-hybridized carbons (Fsp3) is 0.700. The first-order chi connectivity index (χ1) is 6.79. The van der Waals surface area contributed by atoms with Crippen molar-refractivity contribution in [3.05, 3.63) is 11.1 Å². The fourth-order valence-electron chi connectivity index (χ4n) is 1.51. The molecule has 1 unspecified atom stereocenters. The number of thioether (sulfide) groups is 1. The van der Waals surface area contributed by atoms with Crippen LogP contribution in [0.3, 0.4) is 0 Å². The van der Waals surface area contributed by atoms with Crippen molar-refractivity contribution in [3.8, 4) is 0 Å². The zero-order valence-electron chi connectivity index (χ0n) is 8.62. The lowest BCUT2D eigenvalue weighted by Gasteiger charge is -2.13. The van der Waals surface area contributed by atoms with Crippen LogP contribution in [-0.2, 0) is 0 Å². The van der Waals surface area contributed by atoms with Crippen LogP contribution >= 0.6 is 23.1 Å². The van der Waals surface area contributed by atoms with Crippen LogP contribution in [0.1, 0.15) is 18.5 Å². The standard InChI is InChI=1S/C10H16N2S2/c1-7-5-13-10(12-7)14-6-9(11-2)8-3-4-8/h5,8-9,11H,3-4,6H2,1-2H3. The molecule has 1 heterocycles. The molecule has 1 fully saturated rings. The Hall–Kier alpha value is -0.0600. The summed E-state index contributed by atoms with van der Waals surface area (Å²) in [5, 5.41) is 5.52. The smallest absolute Gasteiger partial charge is 0.150 e. The van der Waals surface area contributed by atoms with E-state index in [1.165, 1.54) is 17.2 Å². The molecular formula is C10H16N2S2. The van der Waals surface area contributed by atoms with Gasteiger partial charge >= 0.3 is 0 Å². The van der Waals surface area contributed by atoms with Crippen LogP contribution in [0.5, 0.6) is 0 Å². The predicted octanol–water partition coefficient (Wildman–Crippen LogP) is 2.54. The SMILES string of the molecule is CNC(CSc1nc(C)cs1)C1CC1. The molecule has 1 saturated carbocycles. The minimum absolute atomic E-state index is 0.684. The van der Waals surface area contributed by atoms with Crippen molar-refractivity contribution in [3.63, 3.8) is 0 Å². The van der Waals surface area contributed by atoms with Gasteiger partial charge in [-0.2, -0.15) is 0 Å². The Bertz CT molecular complexity index is 294. The Labute approximate surface area is 93.5 Å². The first-order valence-electron chi connectivity index (χ1n) is 5.02. The van der Waals surface area contributed by atoms with E-state index in [9.17, 15) is 0 Å². The summed E-state index contributed by atoms with van der Waals surface area (Å²) in [7, 11) is 2.07. The van der Waals surface area contributed by atoms with E-state index in [0.717, 1.165) is 17.4 Å². The summed E-state index contributed by atoms with van der Waals surface area (Å²) in [6, 6.07) is 0.684. The van der Waals surface area contributed by atoms with Gasteiger partial charge < -0.3 is 5.32 Å². The molecule has 1 atom stereocenters. The van der Waals surface area contributed by atoms with Crippen LogP contribution in [-0.4, -0.2) is 23.8 Å². The lowest BCUT2D eigenvalue weighted by Crippen LogP contribution is -2.29. The second kappa shape index (κ2) is 4.64.